The van der Waals surface area contributed by atoms with Gasteiger partial charge in [0.1, 0.15) is 0 Å². The van der Waals surface area contributed by atoms with Crippen molar-refractivity contribution in [2.75, 3.05) is 0 Å². The molecule has 0 unspecified atom stereocenters. The zero-order valence-electron chi connectivity index (χ0n) is 19.3. The maximum Gasteiger partial charge on any atom is 0.0532 e. The molecule has 4 aromatic rings. The summed E-state index contributed by atoms with van der Waals surface area (Å²) in [4.78, 5) is 5.90. The molecule has 0 aliphatic carbocycles. The van der Waals surface area contributed by atoms with E-state index >= 15 is 0 Å². The predicted octanol–water partition coefficient (Wildman–Crippen LogP) is 11.2. The number of aryl methyl sites for hydroxylation is 2. The minimum Gasteiger partial charge on any atom is -0.143 e. The van der Waals surface area contributed by atoms with Gasteiger partial charge in [0.15, 0.2) is 0 Å². The molecule has 0 atom stereocenters. The van der Waals surface area contributed by atoms with Crippen molar-refractivity contribution < 1.29 is 0 Å². The summed E-state index contributed by atoms with van der Waals surface area (Å²) in [6, 6.07) is 9.42. The lowest BCUT2D eigenvalue weighted by atomic mass is 10.0. The van der Waals surface area contributed by atoms with Crippen LogP contribution in [-0.4, -0.2) is 0 Å². The summed E-state index contributed by atoms with van der Waals surface area (Å²) in [7, 11) is 0. The van der Waals surface area contributed by atoms with Gasteiger partial charge in [-0.15, -0.1) is 45.3 Å². The molecule has 170 valence electrons. The van der Waals surface area contributed by atoms with Gasteiger partial charge in [0.25, 0.3) is 0 Å². The first-order valence-electron chi connectivity index (χ1n) is 12.1. The van der Waals surface area contributed by atoms with Crippen LogP contribution in [0.1, 0.15) is 76.3 Å². The molecule has 0 saturated carbocycles. The summed E-state index contributed by atoms with van der Waals surface area (Å²) < 4.78 is 0. The van der Waals surface area contributed by atoms with Gasteiger partial charge in [-0.3, -0.25) is 0 Å². The molecule has 4 heteroatoms. The van der Waals surface area contributed by atoms with Gasteiger partial charge in [-0.1, -0.05) is 52.4 Å². The molecule has 4 heterocycles. The van der Waals surface area contributed by atoms with E-state index in [2.05, 4.69) is 59.6 Å². The molecule has 32 heavy (non-hydrogen) atoms. The van der Waals surface area contributed by atoms with Crippen LogP contribution in [0, 0.1) is 0 Å². The number of unbranched alkanes of at least 4 members (excludes halogenated alkanes) is 6. The second-order valence-electron chi connectivity index (χ2n) is 8.50. The van der Waals surface area contributed by atoms with Crippen molar-refractivity contribution in [2.45, 2.75) is 78.1 Å². The third-order valence-electron chi connectivity index (χ3n) is 6.12. The molecule has 0 spiro atoms. The lowest BCUT2D eigenvalue weighted by molar-refractivity contribution is 0.668. The van der Waals surface area contributed by atoms with Crippen molar-refractivity contribution in [3.63, 3.8) is 0 Å². The van der Waals surface area contributed by atoms with Gasteiger partial charge in [0, 0.05) is 25.8 Å². The number of rotatable bonds is 13. The molecule has 0 nitrogen and oxygen atoms in total. The third-order valence-corrected chi connectivity index (χ3v) is 10.1. The van der Waals surface area contributed by atoms with Gasteiger partial charge in [-0.2, -0.15) is 0 Å². The minimum atomic E-state index is 1.21. The Hall–Kier alpha value is -1.20. The van der Waals surface area contributed by atoms with E-state index in [1.54, 1.807) is 5.56 Å². The van der Waals surface area contributed by atoms with Crippen molar-refractivity contribution in [2.24, 2.45) is 0 Å². The van der Waals surface area contributed by atoms with E-state index in [-0.39, 0.29) is 0 Å². The molecular formula is C28H34S4. The fraction of sp³-hybridized carbons (Fsp3) is 0.429. The van der Waals surface area contributed by atoms with E-state index in [1.807, 2.05) is 45.3 Å². The Morgan fingerprint density at radius 2 is 0.938 bits per heavy atom. The van der Waals surface area contributed by atoms with E-state index in [0.29, 0.717) is 0 Å². The van der Waals surface area contributed by atoms with Crippen LogP contribution in [0.2, 0.25) is 0 Å². The SMILES string of the molecule is CCCCCCc1ccsc1-c1ccsc1-c1ccsc1-c1sccc1CCCCCC. The Balaban J connectivity index is 1.58. The topological polar surface area (TPSA) is 0 Å². The summed E-state index contributed by atoms with van der Waals surface area (Å²) in [6.07, 6.45) is 13.0. The summed E-state index contributed by atoms with van der Waals surface area (Å²) in [5.41, 5.74) is 5.95. The first-order valence-corrected chi connectivity index (χ1v) is 15.6. The van der Waals surface area contributed by atoms with Crippen LogP contribution < -0.4 is 0 Å². The summed E-state index contributed by atoms with van der Waals surface area (Å²) in [5.74, 6) is 0. The monoisotopic (exact) mass is 498 g/mol. The second-order valence-corrected chi connectivity index (χ2v) is 12.2. The Morgan fingerprint density at radius 3 is 1.56 bits per heavy atom. The smallest absolute Gasteiger partial charge is 0.0532 e. The average molecular weight is 499 g/mol. The molecule has 0 bridgehead atoms. The van der Waals surface area contributed by atoms with Crippen LogP contribution >= 0.6 is 45.3 Å². The summed E-state index contributed by atoms with van der Waals surface area (Å²) in [6.45, 7) is 4.58. The number of thiophene rings is 4. The van der Waals surface area contributed by atoms with Crippen molar-refractivity contribution in [3.05, 3.63) is 56.9 Å². The highest BCUT2D eigenvalue weighted by molar-refractivity contribution is 7.22. The number of hydrogen-bond acceptors (Lipinski definition) is 4. The zero-order valence-corrected chi connectivity index (χ0v) is 22.6. The quantitative estimate of drug-likeness (QED) is 0.161. The van der Waals surface area contributed by atoms with Gasteiger partial charge < -0.3 is 0 Å². The van der Waals surface area contributed by atoms with Gasteiger partial charge in [0.2, 0.25) is 0 Å². The van der Waals surface area contributed by atoms with Crippen LogP contribution in [0.25, 0.3) is 30.6 Å². The Bertz CT molecular complexity index is 988. The largest absolute Gasteiger partial charge is 0.143 e. The fourth-order valence-corrected chi connectivity index (χ4v) is 8.47. The highest BCUT2D eigenvalue weighted by Crippen LogP contribution is 2.48. The standard InChI is InChI=1S/C28H34S4/c1-3-5-7-9-11-21-13-17-29-25(21)23-15-19-31-27(23)24-16-20-32-28(24)26-22(14-18-30-26)12-10-8-6-4-2/h13-20H,3-12H2,1-2H3. The van der Waals surface area contributed by atoms with Gasteiger partial charge in [-0.05, 0) is 82.6 Å². The second kappa shape index (κ2) is 12.3. The number of hydrogen-bond donors (Lipinski definition) is 0. The molecule has 0 fully saturated rings. The molecule has 0 N–H and O–H groups in total. The molecule has 0 radical (unpaired) electrons. The highest BCUT2D eigenvalue weighted by Gasteiger charge is 2.20. The molecule has 0 amide bonds. The molecule has 0 saturated heterocycles. The fourth-order valence-electron chi connectivity index (χ4n) is 4.35. The van der Waals surface area contributed by atoms with Crippen molar-refractivity contribution in [1.29, 1.82) is 0 Å². The van der Waals surface area contributed by atoms with Crippen molar-refractivity contribution >= 4 is 45.3 Å². The molecule has 0 aromatic carbocycles. The Labute approximate surface area is 210 Å². The van der Waals surface area contributed by atoms with Crippen LogP contribution in [0.3, 0.4) is 0 Å². The average Bonchev–Trinajstić information content (AvgIpc) is 3.59. The molecule has 0 aliphatic rings. The summed E-state index contributed by atoms with van der Waals surface area (Å²) in [5, 5.41) is 9.15. The van der Waals surface area contributed by atoms with Gasteiger partial charge in [0.05, 0.1) is 4.88 Å². The highest BCUT2D eigenvalue weighted by atomic mass is 32.1. The lowest BCUT2D eigenvalue weighted by Crippen LogP contribution is -1.88. The van der Waals surface area contributed by atoms with E-state index < -0.39 is 0 Å². The maximum absolute atomic E-state index is 2.36. The van der Waals surface area contributed by atoms with E-state index in [4.69, 9.17) is 0 Å². The molecule has 4 aromatic heterocycles. The first-order chi connectivity index (χ1) is 15.8. The van der Waals surface area contributed by atoms with Crippen LogP contribution in [-0.2, 0) is 12.8 Å². The van der Waals surface area contributed by atoms with Gasteiger partial charge >= 0.3 is 0 Å². The Kier molecular flexibility index (Phi) is 9.21. The predicted molar refractivity (Wildman–Crippen MR) is 150 cm³/mol. The van der Waals surface area contributed by atoms with Crippen molar-refractivity contribution in [3.8, 4) is 30.6 Å². The normalized spacial score (nSPS) is 11.4. The van der Waals surface area contributed by atoms with Crippen LogP contribution in [0.5, 0.6) is 0 Å². The van der Waals surface area contributed by atoms with E-state index in [0.717, 1.165) is 0 Å². The lowest BCUT2D eigenvalue weighted by Gasteiger charge is -2.08. The van der Waals surface area contributed by atoms with Crippen LogP contribution in [0.15, 0.2) is 45.8 Å². The van der Waals surface area contributed by atoms with Crippen LogP contribution in [0.4, 0.5) is 0 Å². The van der Waals surface area contributed by atoms with Crippen molar-refractivity contribution in [1.82, 2.24) is 0 Å². The summed E-state index contributed by atoms with van der Waals surface area (Å²) >= 11 is 7.66. The Morgan fingerprint density at radius 1 is 0.469 bits per heavy atom. The first kappa shape index (κ1) is 23.9. The molecule has 4 rings (SSSR count). The molecular weight excluding hydrogens is 465 g/mol. The zero-order chi connectivity index (χ0) is 22.2. The third kappa shape index (κ3) is 5.64. The molecule has 0 aliphatic heterocycles. The van der Waals surface area contributed by atoms with E-state index in [9.17, 15) is 0 Å². The van der Waals surface area contributed by atoms with Gasteiger partial charge in [-0.25, -0.2) is 0 Å². The van der Waals surface area contributed by atoms with E-state index in [1.165, 1.54) is 100 Å². The minimum absolute atomic E-state index is 1.21. The maximum atomic E-state index is 2.36.